The normalized spacial score (nSPS) is 10.2. The van der Waals surface area contributed by atoms with Gasteiger partial charge in [-0.05, 0) is 29.8 Å². The summed E-state index contributed by atoms with van der Waals surface area (Å²) >= 11 is 11.8. The summed E-state index contributed by atoms with van der Waals surface area (Å²) in [6, 6.07) is 14.9. The summed E-state index contributed by atoms with van der Waals surface area (Å²) in [5.41, 5.74) is 1.86. The molecule has 0 fully saturated rings. The highest BCUT2D eigenvalue weighted by molar-refractivity contribution is 6.33. The van der Waals surface area contributed by atoms with Gasteiger partial charge in [-0.1, -0.05) is 47.5 Å². The standard InChI is InChI=1S/C16H16Cl2N2O/c17-13-7-5-12(6-8-13)11-20-16(21)9-10-19-15-4-2-1-3-14(15)18/h1-8,19H,9-11H2,(H,20,21). The molecule has 1 amide bonds. The molecule has 110 valence electrons. The average molecular weight is 323 g/mol. The fourth-order valence-electron chi connectivity index (χ4n) is 1.81. The van der Waals surface area contributed by atoms with E-state index in [1.165, 1.54) is 0 Å². The Balaban J connectivity index is 1.70. The zero-order chi connectivity index (χ0) is 15.1. The summed E-state index contributed by atoms with van der Waals surface area (Å²) in [7, 11) is 0. The summed E-state index contributed by atoms with van der Waals surface area (Å²) in [6.07, 6.45) is 0.388. The Kier molecular flexibility index (Phi) is 5.90. The number of hydrogen-bond acceptors (Lipinski definition) is 2. The van der Waals surface area contributed by atoms with Gasteiger partial charge in [0.2, 0.25) is 5.91 Å². The first-order valence-corrected chi connectivity index (χ1v) is 7.40. The van der Waals surface area contributed by atoms with Crippen molar-refractivity contribution >= 4 is 34.8 Å². The number of amides is 1. The van der Waals surface area contributed by atoms with Crippen molar-refractivity contribution < 1.29 is 4.79 Å². The van der Waals surface area contributed by atoms with Gasteiger partial charge in [0.05, 0.1) is 10.7 Å². The van der Waals surface area contributed by atoms with Crippen LogP contribution >= 0.6 is 23.2 Å². The molecule has 0 saturated carbocycles. The molecule has 0 spiro atoms. The van der Waals surface area contributed by atoms with Gasteiger partial charge < -0.3 is 10.6 Å². The highest BCUT2D eigenvalue weighted by atomic mass is 35.5. The number of rotatable bonds is 6. The topological polar surface area (TPSA) is 41.1 Å². The maximum Gasteiger partial charge on any atom is 0.222 e. The molecular weight excluding hydrogens is 307 g/mol. The molecule has 2 N–H and O–H groups in total. The van der Waals surface area contributed by atoms with E-state index in [1.807, 2.05) is 48.5 Å². The van der Waals surface area contributed by atoms with Crippen LogP contribution in [0, 0.1) is 0 Å². The van der Waals surface area contributed by atoms with E-state index in [4.69, 9.17) is 23.2 Å². The molecule has 0 unspecified atom stereocenters. The number of hydrogen-bond donors (Lipinski definition) is 2. The van der Waals surface area contributed by atoms with Crippen molar-refractivity contribution in [2.24, 2.45) is 0 Å². The van der Waals surface area contributed by atoms with Crippen molar-refractivity contribution in [3.8, 4) is 0 Å². The number of nitrogens with one attached hydrogen (secondary N) is 2. The average Bonchev–Trinajstić information content (AvgIpc) is 2.49. The zero-order valence-corrected chi connectivity index (χ0v) is 12.9. The second kappa shape index (κ2) is 7.91. The van der Waals surface area contributed by atoms with Crippen LogP contribution in [-0.2, 0) is 11.3 Å². The minimum absolute atomic E-state index is 0.00972. The Hall–Kier alpha value is -1.71. The number of benzene rings is 2. The van der Waals surface area contributed by atoms with E-state index in [0.29, 0.717) is 29.6 Å². The molecule has 0 bridgehead atoms. The Morgan fingerprint density at radius 3 is 2.43 bits per heavy atom. The lowest BCUT2D eigenvalue weighted by molar-refractivity contribution is -0.121. The Labute approximate surface area is 134 Å². The van der Waals surface area contributed by atoms with Gasteiger partial charge in [-0.15, -0.1) is 0 Å². The van der Waals surface area contributed by atoms with Crippen LogP contribution in [0.15, 0.2) is 48.5 Å². The first-order chi connectivity index (χ1) is 10.1. The van der Waals surface area contributed by atoms with Crippen molar-refractivity contribution in [3.63, 3.8) is 0 Å². The van der Waals surface area contributed by atoms with Gasteiger partial charge in [-0.3, -0.25) is 4.79 Å². The number of para-hydroxylation sites is 1. The van der Waals surface area contributed by atoms with Crippen LogP contribution < -0.4 is 10.6 Å². The molecule has 0 aliphatic rings. The highest BCUT2D eigenvalue weighted by Gasteiger charge is 2.03. The van der Waals surface area contributed by atoms with Crippen molar-refractivity contribution in [2.45, 2.75) is 13.0 Å². The number of anilines is 1. The highest BCUT2D eigenvalue weighted by Crippen LogP contribution is 2.20. The molecule has 0 radical (unpaired) electrons. The summed E-state index contributed by atoms with van der Waals surface area (Å²) < 4.78 is 0. The summed E-state index contributed by atoms with van der Waals surface area (Å²) in [6.45, 7) is 1.04. The van der Waals surface area contributed by atoms with E-state index in [1.54, 1.807) is 0 Å². The van der Waals surface area contributed by atoms with Gasteiger partial charge >= 0.3 is 0 Å². The summed E-state index contributed by atoms with van der Waals surface area (Å²) in [5, 5.41) is 7.34. The molecule has 0 aliphatic heterocycles. The summed E-state index contributed by atoms with van der Waals surface area (Å²) in [4.78, 5) is 11.7. The molecule has 2 aromatic rings. The van der Waals surface area contributed by atoms with E-state index >= 15 is 0 Å². The lowest BCUT2D eigenvalue weighted by atomic mass is 10.2. The van der Waals surface area contributed by atoms with Crippen molar-refractivity contribution in [2.75, 3.05) is 11.9 Å². The molecule has 0 heterocycles. The van der Waals surface area contributed by atoms with E-state index in [2.05, 4.69) is 10.6 Å². The third-order valence-corrected chi connectivity index (χ3v) is 3.53. The number of carbonyl (C=O) groups is 1. The van der Waals surface area contributed by atoms with Crippen LogP contribution in [0.5, 0.6) is 0 Å². The lowest BCUT2D eigenvalue weighted by Gasteiger charge is -2.09. The Morgan fingerprint density at radius 2 is 1.71 bits per heavy atom. The lowest BCUT2D eigenvalue weighted by Crippen LogP contribution is -2.24. The smallest absolute Gasteiger partial charge is 0.222 e. The Morgan fingerprint density at radius 1 is 1.00 bits per heavy atom. The first kappa shape index (κ1) is 15.7. The number of halogens is 2. The second-order valence-electron chi connectivity index (χ2n) is 4.56. The van der Waals surface area contributed by atoms with Gasteiger partial charge in [0.25, 0.3) is 0 Å². The molecule has 0 aromatic heterocycles. The van der Waals surface area contributed by atoms with Crippen LogP contribution in [0.2, 0.25) is 10.0 Å². The SMILES string of the molecule is O=C(CCNc1ccccc1Cl)NCc1ccc(Cl)cc1. The van der Waals surface area contributed by atoms with Crippen LogP contribution in [0.3, 0.4) is 0 Å². The molecule has 0 aliphatic carbocycles. The van der Waals surface area contributed by atoms with Gasteiger partial charge in [0.1, 0.15) is 0 Å². The van der Waals surface area contributed by atoms with Crippen molar-refractivity contribution in [1.29, 1.82) is 0 Å². The van der Waals surface area contributed by atoms with Crippen LogP contribution in [0.4, 0.5) is 5.69 Å². The quantitative estimate of drug-likeness (QED) is 0.840. The fraction of sp³-hybridized carbons (Fsp3) is 0.188. The predicted molar refractivity (Wildman–Crippen MR) is 87.9 cm³/mol. The molecular formula is C16H16Cl2N2O. The van der Waals surface area contributed by atoms with Crippen LogP contribution in [0.1, 0.15) is 12.0 Å². The van der Waals surface area contributed by atoms with E-state index in [0.717, 1.165) is 11.3 Å². The van der Waals surface area contributed by atoms with Gasteiger partial charge in [-0.25, -0.2) is 0 Å². The molecule has 0 atom stereocenters. The summed E-state index contributed by atoms with van der Waals surface area (Å²) in [5.74, 6) is -0.00972. The van der Waals surface area contributed by atoms with Gasteiger partial charge in [0, 0.05) is 24.5 Å². The molecule has 0 saturated heterocycles. The fourth-order valence-corrected chi connectivity index (χ4v) is 2.14. The third-order valence-electron chi connectivity index (χ3n) is 2.94. The van der Waals surface area contributed by atoms with E-state index in [9.17, 15) is 4.79 Å². The first-order valence-electron chi connectivity index (χ1n) is 6.65. The predicted octanol–water partition coefficient (Wildman–Crippen LogP) is 4.11. The molecule has 5 heteroatoms. The Bertz CT molecular complexity index is 599. The van der Waals surface area contributed by atoms with Gasteiger partial charge in [0.15, 0.2) is 0 Å². The minimum atomic E-state index is -0.00972. The second-order valence-corrected chi connectivity index (χ2v) is 5.40. The molecule has 2 aromatic carbocycles. The minimum Gasteiger partial charge on any atom is -0.383 e. The molecule has 21 heavy (non-hydrogen) atoms. The molecule has 2 rings (SSSR count). The monoisotopic (exact) mass is 322 g/mol. The van der Waals surface area contributed by atoms with E-state index < -0.39 is 0 Å². The zero-order valence-electron chi connectivity index (χ0n) is 11.4. The van der Waals surface area contributed by atoms with Gasteiger partial charge in [-0.2, -0.15) is 0 Å². The molecule has 3 nitrogen and oxygen atoms in total. The maximum absolute atomic E-state index is 11.7. The number of carbonyl (C=O) groups excluding carboxylic acids is 1. The largest absolute Gasteiger partial charge is 0.383 e. The maximum atomic E-state index is 11.7. The van der Waals surface area contributed by atoms with Crippen molar-refractivity contribution in [3.05, 3.63) is 64.1 Å². The van der Waals surface area contributed by atoms with E-state index in [-0.39, 0.29) is 5.91 Å². The van der Waals surface area contributed by atoms with Crippen LogP contribution in [-0.4, -0.2) is 12.5 Å². The third kappa shape index (κ3) is 5.29. The van der Waals surface area contributed by atoms with Crippen LogP contribution in [0.25, 0.3) is 0 Å². The van der Waals surface area contributed by atoms with Crippen molar-refractivity contribution in [1.82, 2.24) is 5.32 Å².